The average molecular weight is 256 g/mol. The lowest BCUT2D eigenvalue weighted by Gasteiger charge is -2.24. The van der Waals surface area contributed by atoms with Gasteiger partial charge < -0.3 is 10.5 Å². The highest BCUT2D eigenvalue weighted by molar-refractivity contribution is 5.95. The molecule has 0 amide bonds. The summed E-state index contributed by atoms with van der Waals surface area (Å²) >= 11 is 0. The number of hydrogen-bond acceptors (Lipinski definition) is 3. The molecule has 0 unspecified atom stereocenters. The second-order valence-electron chi connectivity index (χ2n) is 5.38. The van der Waals surface area contributed by atoms with Crippen LogP contribution in [0.2, 0.25) is 0 Å². The number of rotatable bonds is 2. The monoisotopic (exact) mass is 256 g/mol. The highest BCUT2D eigenvalue weighted by Crippen LogP contribution is 2.32. The van der Waals surface area contributed by atoms with Gasteiger partial charge in [0.2, 0.25) is 0 Å². The van der Waals surface area contributed by atoms with Crippen molar-refractivity contribution in [1.29, 1.82) is 0 Å². The van der Waals surface area contributed by atoms with E-state index >= 15 is 0 Å². The Morgan fingerprint density at radius 2 is 2.00 bits per heavy atom. The highest BCUT2D eigenvalue weighted by atomic mass is 16.5. The third-order valence-corrected chi connectivity index (χ3v) is 3.80. The van der Waals surface area contributed by atoms with Gasteiger partial charge in [-0.1, -0.05) is 12.5 Å². The molecule has 0 atom stereocenters. The fourth-order valence-electron chi connectivity index (χ4n) is 2.88. The van der Waals surface area contributed by atoms with E-state index in [1.54, 1.807) is 0 Å². The van der Waals surface area contributed by atoms with Crippen molar-refractivity contribution < 1.29 is 4.74 Å². The fraction of sp³-hybridized carbons (Fsp3) is 0.438. The van der Waals surface area contributed by atoms with E-state index in [-0.39, 0.29) is 0 Å². The molecule has 3 nitrogen and oxygen atoms in total. The van der Waals surface area contributed by atoms with Gasteiger partial charge in [-0.2, -0.15) is 0 Å². The maximum Gasteiger partial charge on any atom is 0.131 e. The number of fused-ring (bicyclic) bond motifs is 1. The Balaban J connectivity index is 1.98. The van der Waals surface area contributed by atoms with Crippen LogP contribution in [0.3, 0.4) is 0 Å². The Morgan fingerprint density at radius 1 is 1.21 bits per heavy atom. The maximum absolute atomic E-state index is 6.17. The van der Waals surface area contributed by atoms with E-state index in [9.17, 15) is 0 Å². The number of nitrogen functional groups attached to an aromatic ring is 1. The molecule has 0 spiro atoms. The molecule has 1 aromatic heterocycles. The van der Waals surface area contributed by atoms with Crippen molar-refractivity contribution in [3.63, 3.8) is 0 Å². The molecule has 1 aliphatic carbocycles. The van der Waals surface area contributed by atoms with Crippen molar-refractivity contribution in [3.8, 4) is 5.75 Å². The summed E-state index contributed by atoms with van der Waals surface area (Å²) in [6.07, 6.45) is 6.49. The van der Waals surface area contributed by atoms with Gasteiger partial charge in [0.1, 0.15) is 5.75 Å². The summed E-state index contributed by atoms with van der Waals surface area (Å²) in [6, 6.07) is 7.90. The van der Waals surface area contributed by atoms with Crippen molar-refractivity contribution in [2.24, 2.45) is 0 Å². The van der Waals surface area contributed by atoms with Crippen LogP contribution in [0.25, 0.3) is 10.9 Å². The molecule has 19 heavy (non-hydrogen) atoms. The summed E-state index contributed by atoms with van der Waals surface area (Å²) in [6.45, 7) is 1.96. The normalized spacial score (nSPS) is 16.7. The molecule has 0 bridgehead atoms. The number of aromatic nitrogens is 1. The Labute approximate surface area is 113 Å². The first-order valence-electron chi connectivity index (χ1n) is 7.06. The first-order chi connectivity index (χ1) is 9.24. The molecule has 1 fully saturated rings. The summed E-state index contributed by atoms with van der Waals surface area (Å²) in [5.74, 6) is 0.884. The first-order valence-corrected chi connectivity index (χ1v) is 7.06. The number of ether oxygens (including phenoxy) is 1. The number of pyridine rings is 1. The third kappa shape index (κ3) is 2.50. The van der Waals surface area contributed by atoms with Crippen LogP contribution < -0.4 is 10.5 Å². The summed E-state index contributed by atoms with van der Waals surface area (Å²) in [4.78, 5) is 4.53. The Morgan fingerprint density at radius 3 is 2.79 bits per heavy atom. The lowest BCUT2D eigenvalue weighted by atomic mass is 9.97. The Bertz CT molecular complexity index is 589. The predicted molar refractivity (Wildman–Crippen MR) is 78.4 cm³/mol. The van der Waals surface area contributed by atoms with Crippen LogP contribution in [0.4, 0.5) is 5.69 Å². The van der Waals surface area contributed by atoms with Crippen LogP contribution in [0.1, 0.15) is 37.8 Å². The molecule has 2 aromatic rings. The number of aryl methyl sites for hydroxylation is 1. The number of benzene rings is 1. The molecule has 0 saturated heterocycles. The highest BCUT2D eigenvalue weighted by Gasteiger charge is 2.17. The molecule has 1 aliphatic rings. The summed E-state index contributed by atoms with van der Waals surface area (Å²) in [5.41, 5.74) is 8.77. The van der Waals surface area contributed by atoms with Crippen LogP contribution in [-0.2, 0) is 0 Å². The third-order valence-electron chi connectivity index (χ3n) is 3.80. The minimum Gasteiger partial charge on any atom is -0.490 e. The van der Waals surface area contributed by atoms with Crippen molar-refractivity contribution in [2.45, 2.75) is 45.1 Å². The van der Waals surface area contributed by atoms with Gasteiger partial charge >= 0.3 is 0 Å². The largest absolute Gasteiger partial charge is 0.490 e. The van der Waals surface area contributed by atoms with Crippen LogP contribution in [0.15, 0.2) is 24.3 Å². The summed E-state index contributed by atoms with van der Waals surface area (Å²) < 4.78 is 6.17. The van der Waals surface area contributed by atoms with Crippen molar-refractivity contribution in [2.75, 3.05) is 5.73 Å². The van der Waals surface area contributed by atoms with Crippen molar-refractivity contribution in [1.82, 2.24) is 4.98 Å². The van der Waals surface area contributed by atoms with E-state index in [0.29, 0.717) is 6.10 Å². The van der Waals surface area contributed by atoms with E-state index in [4.69, 9.17) is 10.5 Å². The van der Waals surface area contributed by atoms with Gasteiger partial charge in [-0.15, -0.1) is 0 Å². The zero-order chi connectivity index (χ0) is 13.2. The molecule has 1 heterocycles. The van der Waals surface area contributed by atoms with Gasteiger partial charge in [0, 0.05) is 11.4 Å². The maximum atomic E-state index is 6.17. The molecule has 2 N–H and O–H groups in total. The summed E-state index contributed by atoms with van der Waals surface area (Å²) in [7, 11) is 0. The fourth-order valence-corrected chi connectivity index (χ4v) is 2.88. The topological polar surface area (TPSA) is 48.1 Å². The van der Waals surface area contributed by atoms with Crippen LogP contribution in [0, 0.1) is 6.92 Å². The Hall–Kier alpha value is -1.77. The molecule has 3 heteroatoms. The first kappa shape index (κ1) is 12.3. The lowest BCUT2D eigenvalue weighted by molar-refractivity contribution is 0.157. The predicted octanol–water partition coefficient (Wildman–Crippen LogP) is 3.84. The Kier molecular flexibility index (Phi) is 3.28. The van der Waals surface area contributed by atoms with Crippen molar-refractivity contribution >= 4 is 16.6 Å². The van der Waals surface area contributed by atoms with Crippen LogP contribution >= 0.6 is 0 Å². The van der Waals surface area contributed by atoms with Gasteiger partial charge in [-0.25, -0.2) is 0 Å². The number of hydrogen-bond donors (Lipinski definition) is 1. The minimum atomic E-state index is 0.333. The van der Waals surface area contributed by atoms with E-state index in [2.05, 4.69) is 4.98 Å². The molecule has 1 aromatic carbocycles. The van der Waals surface area contributed by atoms with Gasteiger partial charge in [0.25, 0.3) is 0 Å². The zero-order valence-electron chi connectivity index (χ0n) is 11.4. The molecule has 1 saturated carbocycles. The molecule has 0 aliphatic heterocycles. The standard InChI is InChI=1S/C16H20N2O/c1-11-10-13(17)16-14(18-11)8-5-9-15(16)19-12-6-3-2-4-7-12/h5,8-10,12H,2-4,6-7H2,1H3,(H2,17,18). The second kappa shape index (κ2) is 5.08. The smallest absolute Gasteiger partial charge is 0.131 e. The number of nitrogens with two attached hydrogens (primary N) is 1. The average Bonchev–Trinajstić information content (AvgIpc) is 2.39. The molecule has 100 valence electrons. The van der Waals surface area contributed by atoms with Crippen molar-refractivity contribution in [3.05, 3.63) is 30.0 Å². The quantitative estimate of drug-likeness (QED) is 0.888. The van der Waals surface area contributed by atoms with Crippen LogP contribution in [0.5, 0.6) is 5.75 Å². The van der Waals surface area contributed by atoms with E-state index in [0.717, 1.165) is 40.9 Å². The van der Waals surface area contributed by atoms with Gasteiger partial charge in [0.05, 0.1) is 17.0 Å². The van der Waals surface area contributed by atoms with E-state index in [1.807, 2.05) is 31.2 Å². The van der Waals surface area contributed by atoms with E-state index < -0.39 is 0 Å². The SMILES string of the molecule is Cc1cc(N)c2c(OC3CCCCC3)cccc2n1. The summed E-state index contributed by atoms with van der Waals surface area (Å²) in [5, 5.41) is 0.957. The van der Waals surface area contributed by atoms with Crippen LogP contribution in [-0.4, -0.2) is 11.1 Å². The van der Waals surface area contributed by atoms with E-state index in [1.165, 1.54) is 19.3 Å². The molecular formula is C16H20N2O. The zero-order valence-corrected chi connectivity index (χ0v) is 11.4. The van der Waals surface area contributed by atoms with Gasteiger partial charge in [-0.05, 0) is 50.8 Å². The number of anilines is 1. The molecule has 0 radical (unpaired) electrons. The van der Waals surface area contributed by atoms with Gasteiger partial charge in [0.15, 0.2) is 0 Å². The molecular weight excluding hydrogens is 236 g/mol. The lowest BCUT2D eigenvalue weighted by Crippen LogP contribution is -2.19. The second-order valence-corrected chi connectivity index (χ2v) is 5.38. The number of nitrogens with zero attached hydrogens (tertiary/aromatic N) is 1. The molecule has 3 rings (SSSR count). The minimum absolute atomic E-state index is 0.333. The van der Waals surface area contributed by atoms with Gasteiger partial charge in [-0.3, -0.25) is 4.98 Å².